The van der Waals surface area contributed by atoms with Crippen molar-refractivity contribution >= 4 is 56.3 Å². The second-order valence-electron chi connectivity index (χ2n) is 8.07. The maximum atomic E-state index is 6.28. The molecule has 4 nitrogen and oxygen atoms in total. The van der Waals surface area contributed by atoms with Crippen molar-refractivity contribution in [2.75, 3.05) is 33.3 Å². The second kappa shape index (κ2) is 11.7. The summed E-state index contributed by atoms with van der Waals surface area (Å²) in [6.45, 7) is 4.97. The maximum absolute atomic E-state index is 6.28. The summed E-state index contributed by atoms with van der Waals surface area (Å²) in [6, 6.07) is 19.8. The van der Waals surface area contributed by atoms with Crippen LogP contribution in [0.1, 0.15) is 16.7 Å². The molecule has 0 N–H and O–H groups in total. The Morgan fingerprint density at radius 3 is 2.41 bits per heavy atom. The van der Waals surface area contributed by atoms with Crippen LogP contribution in [0.2, 0.25) is 10.0 Å². The molecule has 0 saturated carbocycles. The van der Waals surface area contributed by atoms with Gasteiger partial charge in [-0.1, -0.05) is 71.8 Å². The molecule has 0 unspecified atom stereocenters. The van der Waals surface area contributed by atoms with Gasteiger partial charge < -0.3 is 14.4 Å². The third-order valence-corrected chi connectivity index (χ3v) is 7.44. The Labute approximate surface area is 224 Å². The standard InChI is InChI=1S/C26H25BrCl2N2O2S/c1-32-24-14-20(13-22(27)25(24)33-17-19-7-8-21(28)15-23(19)29)26(34)31-11-9-30(10-12-31)16-18-5-3-2-4-6-18/h2-8,13-15H,9-12,16-17H2,1H3. The Hall–Kier alpha value is -1.83. The fourth-order valence-corrected chi connectivity index (χ4v) is 5.23. The number of rotatable bonds is 7. The Morgan fingerprint density at radius 1 is 1.00 bits per heavy atom. The van der Waals surface area contributed by atoms with Gasteiger partial charge >= 0.3 is 0 Å². The molecule has 34 heavy (non-hydrogen) atoms. The number of thiocarbonyl (C=S) groups is 1. The molecule has 0 bridgehead atoms. The summed E-state index contributed by atoms with van der Waals surface area (Å²) in [6.07, 6.45) is 0. The van der Waals surface area contributed by atoms with Gasteiger partial charge in [0, 0.05) is 53.9 Å². The Bertz CT molecular complexity index is 1160. The first-order valence-corrected chi connectivity index (χ1v) is 12.9. The van der Waals surface area contributed by atoms with E-state index in [-0.39, 0.29) is 6.61 Å². The fraction of sp³-hybridized carbons (Fsp3) is 0.269. The molecular formula is C26H25BrCl2N2O2S. The van der Waals surface area contributed by atoms with E-state index in [1.807, 2.05) is 18.2 Å². The molecule has 1 fully saturated rings. The highest BCUT2D eigenvalue weighted by Crippen LogP contribution is 2.38. The van der Waals surface area contributed by atoms with Crippen molar-refractivity contribution in [2.24, 2.45) is 0 Å². The largest absolute Gasteiger partial charge is 0.493 e. The minimum atomic E-state index is 0.290. The predicted octanol–water partition coefficient (Wildman–Crippen LogP) is 6.84. The van der Waals surface area contributed by atoms with Gasteiger partial charge in [-0.05, 0) is 45.8 Å². The van der Waals surface area contributed by atoms with E-state index in [1.165, 1.54) is 5.56 Å². The van der Waals surface area contributed by atoms with Crippen LogP contribution in [0.15, 0.2) is 65.1 Å². The SMILES string of the molecule is COc1cc(C(=S)N2CCN(Cc3ccccc3)CC2)cc(Br)c1OCc1ccc(Cl)cc1Cl. The van der Waals surface area contributed by atoms with Crippen LogP contribution in [0, 0.1) is 0 Å². The third-order valence-electron chi connectivity index (χ3n) is 5.77. The molecule has 178 valence electrons. The molecule has 0 amide bonds. The van der Waals surface area contributed by atoms with Crippen LogP contribution in [-0.4, -0.2) is 48.1 Å². The summed E-state index contributed by atoms with van der Waals surface area (Å²) < 4.78 is 12.5. The molecule has 4 rings (SSSR count). The van der Waals surface area contributed by atoms with Crippen LogP contribution in [0.3, 0.4) is 0 Å². The summed E-state index contributed by atoms with van der Waals surface area (Å²) in [4.78, 5) is 5.53. The van der Waals surface area contributed by atoms with Crippen molar-refractivity contribution in [2.45, 2.75) is 13.2 Å². The van der Waals surface area contributed by atoms with Crippen molar-refractivity contribution in [1.82, 2.24) is 9.80 Å². The number of hydrogen-bond acceptors (Lipinski definition) is 4. The average molecular weight is 580 g/mol. The quantitative estimate of drug-likeness (QED) is 0.285. The minimum absolute atomic E-state index is 0.290. The summed E-state index contributed by atoms with van der Waals surface area (Å²) in [7, 11) is 1.62. The molecule has 1 aliphatic heterocycles. The molecule has 3 aromatic rings. The van der Waals surface area contributed by atoms with E-state index in [9.17, 15) is 0 Å². The Balaban J connectivity index is 1.41. The van der Waals surface area contributed by atoms with Crippen molar-refractivity contribution < 1.29 is 9.47 Å². The van der Waals surface area contributed by atoms with Gasteiger partial charge in [0.2, 0.25) is 0 Å². The zero-order valence-electron chi connectivity index (χ0n) is 18.8. The Morgan fingerprint density at radius 2 is 1.74 bits per heavy atom. The number of hydrogen-bond donors (Lipinski definition) is 0. The first-order valence-electron chi connectivity index (χ1n) is 10.9. The van der Waals surface area contributed by atoms with E-state index >= 15 is 0 Å². The molecule has 3 aromatic carbocycles. The third kappa shape index (κ3) is 6.23. The average Bonchev–Trinajstić information content (AvgIpc) is 2.84. The first-order chi connectivity index (χ1) is 16.4. The number of methoxy groups -OCH3 is 1. The van der Waals surface area contributed by atoms with Crippen LogP contribution in [0.5, 0.6) is 11.5 Å². The lowest BCUT2D eigenvalue weighted by Crippen LogP contribution is -2.48. The highest BCUT2D eigenvalue weighted by atomic mass is 79.9. The smallest absolute Gasteiger partial charge is 0.175 e. The zero-order chi connectivity index (χ0) is 24.1. The molecular weight excluding hydrogens is 555 g/mol. The van der Waals surface area contributed by atoms with E-state index in [2.05, 4.69) is 56.1 Å². The van der Waals surface area contributed by atoms with Gasteiger partial charge in [0.25, 0.3) is 0 Å². The molecule has 0 aromatic heterocycles. The summed E-state index contributed by atoms with van der Waals surface area (Å²) in [5, 5.41) is 1.15. The first kappa shape index (κ1) is 25.3. The van der Waals surface area contributed by atoms with Crippen LogP contribution >= 0.6 is 51.3 Å². The van der Waals surface area contributed by atoms with Crippen LogP contribution in [0.25, 0.3) is 0 Å². The monoisotopic (exact) mass is 578 g/mol. The summed E-state index contributed by atoms with van der Waals surface area (Å²) in [5.41, 5.74) is 3.10. The van der Waals surface area contributed by atoms with E-state index in [1.54, 1.807) is 19.2 Å². The van der Waals surface area contributed by atoms with Gasteiger partial charge in [0.1, 0.15) is 11.6 Å². The van der Waals surface area contributed by atoms with Crippen molar-refractivity contribution in [3.63, 3.8) is 0 Å². The van der Waals surface area contributed by atoms with Gasteiger partial charge in [0.05, 0.1) is 11.6 Å². The molecule has 0 radical (unpaired) electrons. The number of ether oxygens (including phenoxy) is 2. The fourth-order valence-electron chi connectivity index (χ4n) is 3.91. The second-order valence-corrected chi connectivity index (χ2v) is 10.2. The number of benzene rings is 3. The Kier molecular flexibility index (Phi) is 8.72. The molecule has 0 spiro atoms. The van der Waals surface area contributed by atoms with Gasteiger partial charge in [-0.15, -0.1) is 0 Å². The van der Waals surface area contributed by atoms with Gasteiger partial charge in [-0.2, -0.15) is 0 Å². The molecule has 8 heteroatoms. The summed E-state index contributed by atoms with van der Waals surface area (Å²) >= 11 is 21.8. The normalized spacial score (nSPS) is 14.2. The van der Waals surface area contributed by atoms with E-state index in [4.69, 9.17) is 44.9 Å². The lowest BCUT2D eigenvalue weighted by molar-refractivity contribution is 0.177. The van der Waals surface area contributed by atoms with Crippen LogP contribution < -0.4 is 9.47 Å². The number of nitrogens with zero attached hydrogens (tertiary/aromatic N) is 2. The molecule has 1 heterocycles. The highest BCUT2D eigenvalue weighted by Gasteiger charge is 2.22. The molecule has 1 aliphatic rings. The van der Waals surface area contributed by atoms with E-state index < -0.39 is 0 Å². The lowest BCUT2D eigenvalue weighted by Gasteiger charge is -2.36. The van der Waals surface area contributed by atoms with Crippen LogP contribution in [-0.2, 0) is 13.2 Å². The maximum Gasteiger partial charge on any atom is 0.175 e. The lowest BCUT2D eigenvalue weighted by atomic mass is 10.1. The topological polar surface area (TPSA) is 24.9 Å². The molecule has 0 aliphatic carbocycles. The van der Waals surface area contributed by atoms with Crippen molar-refractivity contribution in [3.05, 3.63) is 91.9 Å². The van der Waals surface area contributed by atoms with Gasteiger partial charge in [0.15, 0.2) is 11.5 Å². The van der Waals surface area contributed by atoms with Crippen molar-refractivity contribution in [3.8, 4) is 11.5 Å². The van der Waals surface area contributed by atoms with E-state index in [0.717, 1.165) is 53.3 Å². The number of piperazine rings is 1. The zero-order valence-corrected chi connectivity index (χ0v) is 22.7. The number of halogens is 3. The van der Waals surface area contributed by atoms with Crippen LogP contribution in [0.4, 0.5) is 0 Å². The van der Waals surface area contributed by atoms with E-state index in [0.29, 0.717) is 21.5 Å². The highest BCUT2D eigenvalue weighted by molar-refractivity contribution is 9.10. The molecule has 1 saturated heterocycles. The van der Waals surface area contributed by atoms with Gasteiger partial charge in [-0.25, -0.2) is 0 Å². The minimum Gasteiger partial charge on any atom is -0.493 e. The van der Waals surface area contributed by atoms with Crippen molar-refractivity contribution in [1.29, 1.82) is 0 Å². The molecule has 0 atom stereocenters. The predicted molar refractivity (Wildman–Crippen MR) is 146 cm³/mol. The summed E-state index contributed by atoms with van der Waals surface area (Å²) in [5.74, 6) is 1.22. The van der Waals surface area contributed by atoms with Gasteiger partial charge in [-0.3, -0.25) is 4.90 Å².